The Bertz CT molecular complexity index is 1070. The van der Waals surface area contributed by atoms with Crippen molar-refractivity contribution < 1.29 is 9.69 Å². The molecule has 7 heteroatoms. The zero-order chi connectivity index (χ0) is 19.7. The Morgan fingerprint density at radius 2 is 1.68 bits per heavy atom. The number of nitrogens with zero attached hydrogens (tertiary/aromatic N) is 3. The van der Waals surface area contributed by atoms with Crippen LogP contribution in [0.3, 0.4) is 0 Å². The van der Waals surface area contributed by atoms with Crippen molar-refractivity contribution in [2.45, 2.75) is 0 Å². The van der Waals surface area contributed by atoms with Crippen LogP contribution in [0.2, 0.25) is 0 Å². The van der Waals surface area contributed by atoms with Crippen LogP contribution >= 0.6 is 0 Å². The molecule has 1 aliphatic heterocycles. The number of anilines is 2. The van der Waals surface area contributed by atoms with E-state index in [1.165, 1.54) is 4.68 Å². The molecule has 28 heavy (non-hydrogen) atoms. The average Bonchev–Trinajstić information content (AvgIpc) is 2.72. The maximum atomic E-state index is 12.8. The fraction of sp³-hybridized carbons (Fsp3) is 0.286. The molecule has 1 aromatic heterocycles. The summed E-state index contributed by atoms with van der Waals surface area (Å²) in [7, 11) is 3.77. The number of carbonyl (C=O) groups is 1. The molecule has 0 saturated carbocycles. The zero-order valence-electron chi connectivity index (χ0n) is 16.1. The molecule has 1 fully saturated rings. The van der Waals surface area contributed by atoms with Gasteiger partial charge in [-0.25, -0.2) is 4.68 Å². The van der Waals surface area contributed by atoms with E-state index in [0.717, 1.165) is 31.9 Å². The highest BCUT2D eigenvalue weighted by Gasteiger charge is 2.18. The molecule has 1 amide bonds. The quantitative estimate of drug-likeness (QED) is 0.697. The Balaban J connectivity index is 1.55. The van der Waals surface area contributed by atoms with Gasteiger partial charge in [0, 0.05) is 23.8 Å². The molecule has 4 rings (SSSR count). The predicted molar refractivity (Wildman–Crippen MR) is 110 cm³/mol. The molecule has 0 spiro atoms. The van der Waals surface area contributed by atoms with E-state index >= 15 is 0 Å². The summed E-state index contributed by atoms with van der Waals surface area (Å²) < 4.78 is 1.20. The number of amides is 1. The molecule has 0 bridgehead atoms. The van der Waals surface area contributed by atoms with Gasteiger partial charge in [0.05, 0.1) is 38.6 Å². The number of benzene rings is 2. The van der Waals surface area contributed by atoms with E-state index in [1.807, 2.05) is 24.3 Å². The molecule has 0 unspecified atom stereocenters. The Morgan fingerprint density at radius 1 is 1.04 bits per heavy atom. The van der Waals surface area contributed by atoms with Crippen LogP contribution in [0.5, 0.6) is 0 Å². The van der Waals surface area contributed by atoms with E-state index in [2.05, 4.69) is 22.4 Å². The lowest BCUT2D eigenvalue weighted by molar-refractivity contribution is -0.880. The molecule has 144 valence electrons. The Hall–Kier alpha value is -3.19. The van der Waals surface area contributed by atoms with Crippen LogP contribution in [0, 0.1) is 0 Å². The molecular formula is C21H24N5O2+. The summed E-state index contributed by atoms with van der Waals surface area (Å²) in [4.78, 5) is 29.0. The van der Waals surface area contributed by atoms with Gasteiger partial charge >= 0.3 is 0 Å². The Kier molecular flexibility index (Phi) is 4.83. The second-order valence-electron chi connectivity index (χ2n) is 7.27. The van der Waals surface area contributed by atoms with Crippen LogP contribution in [-0.4, -0.2) is 48.9 Å². The van der Waals surface area contributed by atoms with Crippen molar-refractivity contribution in [1.29, 1.82) is 0 Å². The van der Waals surface area contributed by atoms with Crippen molar-refractivity contribution in [2.24, 2.45) is 7.05 Å². The van der Waals surface area contributed by atoms with Crippen LogP contribution in [0.25, 0.3) is 10.8 Å². The van der Waals surface area contributed by atoms with Gasteiger partial charge in [-0.1, -0.05) is 18.2 Å². The maximum Gasteiger partial charge on any atom is 0.276 e. The zero-order valence-corrected chi connectivity index (χ0v) is 16.1. The fourth-order valence-electron chi connectivity index (χ4n) is 3.56. The van der Waals surface area contributed by atoms with Gasteiger partial charge in [-0.15, -0.1) is 0 Å². The monoisotopic (exact) mass is 378 g/mol. The minimum atomic E-state index is -0.331. The van der Waals surface area contributed by atoms with Crippen LogP contribution < -0.4 is 20.7 Å². The number of fused-ring (bicyclic) bond motifs is 1. The number of aromatic nitrogens is 2. The lowest BCUT2D eigenvalue weighted by Gasteiger charge is -2.31. The first-order chi connectivity index (χ1) is 13.5. The van der Waals surface area contributed by atoms with Crippen molar-refractivity contribution in [3.8, 4) is 0 Å². The summed E-state index contributed by atoms with van der Waals surface area (Å²) in [5, 5.41) is 8.11. The maximum absolute atomic E-state index is 12.8. The number of quaternary nitrogens is 1. The Morgan fingerprint density at radius 3 is 2.36 bits per heavy atom. The number of piperazine rings is 1. The SMILES string of the molecule is Cn1nc(C(=O)Nc2ccc(N3CC[NH+](C)CC3)cc2)c2ccccc2c1=O. The highest BCUT2D eigenvalue weighted by atomic mass is 16.2. The number of nitrogens with one attached hydrogen (secondary N) is 2. The van der Waals surface area contributed by atoms with Crippen molar-refractivity contribution in [3.05, 3.63) is 64.6 Å². The van der Waals surface area contributed by atoms with E-state index in [9.17, 15) is 9.59 Å². The van der Waals surface area contributed by atoms with Crippen molar-refractivity contribution >= 4 is 28.1 Å². The fourth-order valence-corrected chi connectivity index (χ4v) is 3.56. The number of rotatable bonds is 3. The summed E-state index contributed by atoms with van der Waals surface area (Å²) in [6, 6.07) is 14.9. The van der Waals surface area contributed by atoms with Gasteiger partial charge < -0.3 is 15.1 Å². The highest BCUT2D eigenvalue weighted by Crippen LogP contribution is 2.19. The number of hydrogen-bond acceptors (Lipinski definition) is 4. The average molecular weight is 378 g/mol. The van der Waals surface area contributed by atoms with Crippen LogP contribution in [0.15, 0.2) is 53.3 Å². The van der Waals surface area contributed by atoms with Gasteiger partial charge in [0.15, 0.2) is 5.69 Å². The van der Waals surface area contributed by atoms with Gasteiger partial charge in [0.1, 0.15) is 0 Å². The second kappa shape index (κ2) is 7.44. The van der Waals surface area contributed by atoms with Gasteiger partial charge in [-0.05, 0) is 30.3 Å². The smallest absolute Gasteiger partial charge is 0.276 e. The number of hydrogen-bond donors (Lipinski definition) is 2. The third-order valence-corrected chi connectivity index (χ3v) is 5.28. The molecule has 0 atom stereocenters. The van der Waals surface area contributed by atoms with Gasteiger partial charge in [-0.2, -0.15) is 5.10 Å². The molecule has 2 aromatic carbocycles. The number of carbonyl (C=O) groups excluding carboxylic acids is 1. The van der Waals surface area contributed by atoms with Gasteiger partial charge in [0.25, 0.3) is 11.5 Å². The van der Waals surface area contributed by atoms with Crippen LogP contribution in [0.4, 0.5) is 11.4 Å². The summed E-state index contributed by atoms with van der Waals surface area (Å²) in [5.41, 5.74) is 1.89. The third-order valence-electron chi connectivity index (χ3n) is 5.28. The molecule has 0 radical (unpaired) electrons. The molecule has 3 aromatic rings. The lowest BCUT2D eigenvalue weighted by atomic mass is 10.1. The standard InChI is InChI=1S/C21H23N5O2/c1-24-11-13-26(14-12-24)16-9-7-15(8-10-16)22-20(27)19-17-5-3-4-6-18(17)21(28)25(2)23-19/h3-10H,11-14H2,1-2H3,(H,22,27)/p+1. The minimum absolute atomic E-state index is 0.217. The van der Waals surface area contributed by atoms with Crippen molar-refractivity contribution in [2.75, 3.05) is 43.4 Å². The second-order valence-corrected chi connectivity index (χ2v) is 7.27. The van der Waals surface area contributed by atoms with E-state index in [0.29, 0.717) is 16.5 Å². The molecule has 1 saturated heterocycles. The normalized spacial score (nSPS) is 15.0. The van der Waals surface area contributed by atoms with E-state index in [-0.39, 0.29) is 17.2 Å². The first-order valence-electron chi connectivity index (χ1n) is 9.46. The molecule has 2 N–H and O–H groups in total. The summed E-state index contributed by atoms with van der Waals surface area (Å²) in [6.07, 6.45) is 0. The van der Waals surface area contributed by atoms with Crippen molar-refractivity contribution in [3.63, 3.8) is 0 Å². The van der Waals surface area contributed by atoms with E-state index in [1.54, 1.807) is 36.2 Å². The summed E-state index contributed by atoms with van der Waals surface area (Å²) in [5.74, 6) is -0.331. The Labute approximate surface area is 163 Å². The largest absolute Gasteiger partial charge is 0.360 e. The molecule has 1 aliphatic rings. The summed E-state index contributed by atoms with van der Waals surface area (Å²) >= 11 is 0. The molecule has 0 aliphatic carbocycles. The van der Waals surface area contributed by atoms with Crippen LogP contribution in [-0.2, 0) is 7.05 Å². The number of likely N-dealkylation sites (N-methyl/N-ethyl adjacent to an activating group) is 1. The van der Waals surface area contributed by atoms with Crippen LogP contribution in [0.1, 0.15) is 10.5 Å². The lowest BCUT2D eigenvalue weighted by Crippen LogP contribution is -3.12. The van der Waals surface area contributed by atoms with Gasteiger partial charge in [-0.3, -0.25) is 9.59 Å². The van der Waals surface area contributed by atoms with Crippen molar-refractivity contribution in [1.82, 2.24) is 9.78 Å². The molecule has 2 heterocycles. The minimum Gasteiger partial charge on any atom is -0.360 e. The molecular weight excluding hydrogens is 354 g/mol. The molecule has 7 nitrogen and oxygen atoms in total. The number of aryl methyl sites for hydroxylation is 1. The predicted octanol–water partition coefficient (Wildman–Crippen LogP) is 0.521. The van der Waals surface area contributed by atoms with E-state index in [4.69, 9.17) is 0 Å². The first kappa shape index (κ1) is 18.2. The first-order valence-corrected chi connectivity index (χ1v) is 9.46. The van der Waals surface area contributed by atoms with E-state index < -0.39 is 0 Å². The third kappa shape index (κ3) is 3.48. The summed E-state index contributed by atoms with van der Waals surface area (Å²) in [6.45, 7) is 4.32. The van der Waals surface area contributed by atoms with Gasteiger partial charge in [0.2, 0.25) is 0 Å². The topological polar surface area (TPSA) is 71.7 Å². The highest BCUT2D eigenvalue weighted by molar-refractivity contribution is 6.11.